The zero-order valence-corrected chi connectivity index (χ0v) is 14.8. The number of rotatable bonds is 6. The summed E-state index contributed by atoms with van der Waals surface area (Å²) in [5.41, 5.74) is 1.14. The van der Waals surface area contributed by atoms with Gasteiger partial charge in [0.2, 0.25) is 5.95 Å². The van der Waals surface area contributed by atoms with Gasteiger partial charge in [0.25, 0.3) is 0 Å². The number of ether oxygens (including phenoxy) is 1. The van der Waals surface area contributed by atoms with Crippen molar-refractivity contribution < 1.29 is 4.74 Å². The molecule has 2 aromatic rings. The molecule has 2 aliphatic heterocycles. The van der Waals surface area contributed by atoms with E-state index in [2.05, 4.69) is 25.2 Å². The highest BCUT2D eigenvalue weighted by atomic mass is 32.1. The Morgan fingerprint density at radius 2 is 2.17 bits per heavy atom. The van der Waals surface area contributed by atoms with E-state index in [1.165, 1.54) is 5.01 Å². The van der Waals surface area contributed by atoms with Crippen LogP contribution in [0.3, 0.4) is 0 Å². The molecule has 1 atom stereocenters. The summed E-state index contributed by atoms with van der Waals surface area (Å²) < 4.78 is 6.14. The van der Waals surface area contributed by atoms with Crippen molar-refractivity contribution in [3.63, 3.8) is 0 Å². The Morgan fingerprint density at radius 3 is 2.92 bits per heavy atom. The van der Waals surface area contributed by atoms with Crippen molar-refractivity contribution in [2.45, 2.75) is 31.9 Å². The standard InChI is InChI=1S/C17H23N5OS/c1-13-8-20-16(21-9-13)19-4-2-14-3-6-23-17(14)11-22(12-17)10-15-18-5-7-24-15/h5,7-9,14H,2-4,6,10-12H2,1H3,(H,19,20,21)/t14-/m1/s1. The zero-order chi connectivity index (χ0) is 16.4. The van der Waals surface area contributed by atoms with E-state index >= 15 is 0 Å². The summed E-state index contributed by atoms with van der Waals surface area (Å²) in [4.78, 5) is 15.4. The summed E-state index contributed by atoms with van der Waals surface area (Å²) in [7, 11) is 0. The first-order valence-corrected chi connectivity index (χ1v) is 9.39. The van der Waals surface area contributed by atoms with Crippen molar-refractivity contribution in [2.24, 2.45) is 5.92 Å². The van der Waals surface area contributed by atoms with Crippen LogP contribution in [-0.4, -0.2) is 51.7 Å². The number of aryl methyl sites for hydroxylation is 1. The van der Waals surface area contributed by atoms with Gasteiger partial charge in [-0.05, 0) is 31.2 Å². The maximum atomic E-state index is 6.14. The predicted octanol–water partition coefficient (Wildman–Crippen LogP) is 2.33. The number of aromatic nitrogens is 3. The number of nitrogens with zero attached hydrogens (tertiary/aromatic N) is 4. The van der Waals surface area contributed by atoms with E-state index in [0.717, 1.165) is 51.2 Å². The summed E-state index contributed by atoms with van der Waals surface area (Å²) in [6, 6.07) is 0. The second kappa shape index (κ2) is 6.74. The number of hydrogen-bond acceptors (Lipinski definition) is 7. The Hall–Kier alpha value is -1.57. The molecule has 0 amide bonds. The molecule has 0 radical (unpaired) electrons. The van der Waals surface area contributed by atoms with Gasteiger partial charge >= 0.3 is 0 Å². The van der Waals surface area contributed by atoms with Crippen LogP contribution >= 0.6 is 11.3 Å². The van der Waals surface area contributed by atoms with Crippen molar-refractivity contribution in [3.8, 4) is 0 Å². The average molecular weight is 345 g/mol. The molecule has 0 saturated carbocycles. The van der Waals surface area contributed by atoms with Crippen molar-refractivity contribution in [1.29, 1.82) is 0 Å². The molecule has 1 spiro atoms. The Labute approximate surface area is 146 Å². The highest BCUT2D eigenvalue weighted by molar-refractivity contribution is 7.09. The number of likely N-dealkylation sites (tertiary alicyclic amines) is 1. The van der Waals surface area contributed by atoms with Crippen molar-refractivity contribution in [3.05, 3.63) is 34.5 Å². The van der Waals surface area contributed by atoms with Gasteiger partial charge in [-0.3, -0.25) is 4.90 Å². The van der Waals surface area contributed by atoms with Crippen molar-refractivity contribution in [2.75, 3.05) is 31.6 Å². The average Bonchev–Trinajstić information content (AvgIpc) is 3.19. The quantitative estimate of drug-likeness (QED) is 0.867. The van der Waals surface area contributed by atoms with Gasteiger partial charge in [0.05, 0.1) is 12.1 Å². The summed E-state index contributed by atoms with van der Waals surface area (Å²) in [6.07, 6.45) is 7.82. The molecule has 2 aromatic heterocycles. The first-order chi connectivity index (χ1) is 11.7. The number of nitrogens with one attached hydrogen (secondary N) is 1. The van der Waals surface area contributed by atoms with E-state index in [0.29, 0.717) is 11.9 Å². The predicted molar refractivity (Wildman–Crippen MR) is 94.1 cm³/mol. The smallest absolute Gasteiger partial charge is 0.222 e. The Kier molecular flexibility index (Phi) is 4.47. The summed E-state index contributed by atoms with van der Waals surface area (Å²) in [6.45, 7) is 6.78. The summed E-state index contributed by atoms with van der Waals surface area (Å²) in [5, 5.41) is 6.57. The van der Waals surface area contributed by atoms with E-state index in [4.69, 9.17) is 4.74 Å². The molecule has 0 bridgehead atoms. The lowest BCUT2D eigenvalue weighted by atomic mass is 9.79. The highest BCUT2D eigenvalue weighted by Crippen LogP contribution is 2.42. The molecule has 4 heterocycles. The fourth-order valence-corrected chi connectivity index (χ4v) is 4.39. The lowest BCUT2D eigenvalue weighted by molar-refractivity contribution is -0.136. The molecule has 2 aliphatic rings. The van der Waals surface area contributed by atoms with Crippen LogP contribution < -0.4 is 5.32 Å². The van der Waals surface area contributed by atoms with Crippen LogP contribution in [0.1, 0.15) is 23.4 Å². The van der Waals surface area contributed by atoms with Gasteiger partial charge in [-0.2, -0.15) is 0 Å². The molecule has 0 aliphatic carbocycles. The maximum absolute atomic E-state index is 6.14. The number of thiazole rings is 1. The third-order valence-electron chi connectivity index (χ3n) is 4.98. The second-order valence-corrected chi connectivity index (χ2v) is 7.75. The zero-order valence-electron chi connectivity index (χ0n) is 13.9. The Bertz CT molecular complexity index is 654. The van der Waals surface area contributed by atoms with Crippen molar-refractivity contribution in [1.82, 2.24) is 19.9 Å². The van der Waals surface area contributed by atoms with E-state index < -0.39 is 0 Å². The Balaban J connectivity index is 1.26. The first-order valence-electron chi connectivity index (χ1n) is 8.51. The molecule has 6 nitrogen and oxygen atoms in total. The number of anilines is 1. The van der Waals surface area contributed by atoms with Gasteiger partial charge in [0.1, 0.15) is 5.01 Å². The first kappa shape index (κ1) is 15.9. The fourth-order valence-electron chi connectivity index (χ4n) is 3.73. The molecule has 2 fully saturated rings. The summed E-state index contributed by atoms with van der Waals surface area (Å²) in [5.74, 6) is 1.33. The van der Waals surface area contributed by atoms with Crippen LogP contribution in [0.25, 0.3) is 0 Å². The van der Waals surface area contributed by atoms with Crippen LogP contribution in [-0.2, 0) is 11.3 Å². The van der Waals surface area contributed by atoms with E-state index in [9.17, 15) is 0 Å². The van der Waals surface area contributed by atoms with Gasteiger partial charge in [0, 0.05) is 50.2 Å². The second-order valence-electron chi connectivity index (χ2n) is 6.77. The fraction of sp³-hybridized carbons (Fsp3) is 0.588. The molecular formula is C17H23N5OS. The number of hydrogen-bond donors (Lipinski definition) is 1. The van der Waals surface area contributed by atoms with Gasteiger partial charge in [-0.25, -0.2) is 15.0 Å². The van der Waals surface area contributed by atoms with Gasteiger partial charge in [-0.15, -0.1) is 11.3 Å². The lowest BCUT2D eigenvalue weighted by Crippen LogP contribution is -2.64. The van der Waals surface area contributed by atoms with Gasteiger partial charge < -0.3 is 10.1 Å². The SMILES string of the molecule is Cc1cnc(NCC[C@@H]2CCOC23CN(Cc2nccs2)C3)nc1. The molecule has 0 aromatic carbocycles. The van der Waals surface area contributed by atoms with E-state index in [1.807, 2.05) is 30.9 Å². The third kappa shape index (κ3) is 3.29. The monoisotopic (exact) mass is 345 g/mol. The van der Waals surface area contributed by atoms with Crippen LogP contribution in [0.4, 0.5) is 5.95 Å². The van der Waals surface area contributed by atoms with Gasteiger partial charge in [0.15, 0.2) is 0 Å². The molecule has 1 N–H and O–H groups in total. The highest BCUT2D eigenvalue weighted by Gasteiger charge is 2.52. The molecule has 128 valence electrons. The molecule has 24 heavy (non-hydrogen) atoms. The van der Waals surface area contributed by atoms with Gasteiger partial charge in [-0.1, -0.05) is 0 Å². The maximum Gasteiger partial charge on any atom is 0.222 e. The molecular weight excluding hydrogens is 322 g/mol. The minimum Gasteiger partial charge on any atom is -0.372 e. The topological polar surface area (TPSA) is 63.2 Å². The molecule has 4 rings (SSSR count). The minimum atomic E-state index is 0.0626. The molecule has 0 unspecified atom stereocenters. The van der Waals surface area contributed by atoms with Crippen LogP contribution in [0, 0.1) is 12.8 Å². The van der Waals surface area contributed by atoms with Crippen LogP contribution in [0.15, 0.2) is 24.0 Å². The largest absolute Gasteiger partial charge is 0.372 e. The Morgan fingerprint density at radius 1 is 1.33 bits per heavy atom. The minimum absolute atomic E-state index is 0.0626. The summed E-state index contributed by atoms with van der Waals surface area (Å²) >= 11 is 1.73. The normalized spacial score (nSPS) is 22.6. The van der Waals surface area contributed by atoms with Crippen molar-refractivity contribution >= 4 is 17.3 Å². The van der Waals surface area contributed by atoms with Crippen LogP contribution in [0.5, 0.6) is 0 Å². The van der Waals surface area contributed by atoms with E-state index in [-0.39, 0.29) is 5.60 Å². The van der Waals surface area contributed by atoms with E-state index in [1.54, 1.807) is 11.3 Å². The molecule has 2 saturated heterocycles. The lowest BCUT2D eigenvalue weighted by Gasteiger charge is -2.50. The molecule has 7 heteroatoms. The third-order valence-corrected chi connectivity index (χ3v) is 5.75. The van der Waals surface area contributed by atoms with Crippen LogP contribution in [0.2, 0.25) is 0 Å².